The molecule has 0 aliphatic carbocycles. The smallest absolute Gasteiger partial charge is 0.365 e. The van der Waals surface area contributed by atoms with E-state index in [0.717, 1.165) is 0 Å². The molecule has 2 aromatic carbocycles. The summed E-state index contributed by atoms with van der Waals surface area (Å²) in [4.78, 5) is 26.6. The highest BCUT2D eigenvalue weighted by atomic mass is 35.5. The molecule has 2 N–H and O–H groups in total. The molecule has 0 aliphatic heterocycles. The van der Waals surface area contributed by atoms with Crippen LogP contribution in [-0.2, 0) is 4.84 Å². The Morgan fingerprint density at radius 2 is 1.92 bits per heavy atom. The van der Waals surface area contributed by atoms with Gasteiger partial charge in [-0.15, -0.1) is 0 Å². The molecular weight excluding hydrogens is 338 g/mol. The molecule has 0 saturated heterocycles. The van der Waals surface area contributed by atoms with E-state index in [2.05, 4.69) is 5.16 Å². The number of nitro groups is 1. The van der Waals surface area contributed by atoms with E-state index in [0.29, 0.717) is 16.3 Å². The molecule has 24 heavy (non-hydrogen) atoms. The Hall–Kier alpha value is -3.13. The number of carbonyl (C=O) groups excluding carboxylic acids is 1. The van der Waals surface area contributed by atoms with Gasteiger partial charge < -0.3 is 15.3 Å². The molecule has 0 bridgehead atoms. The highest BCUT2D eigenvalue weighted by Gasteiger charge is 2.13. The quantitative estimate of drug-likeness (QED) is 0.291. The van der Waals surface area contributed by atoms with Crippen molar-refractivity contribution in [1.29, 1.82) is 0 Å². The summed E-state index contributed by atoms with van der Waals surface area (Å²) in [6, 6.07) is 9.60. The molecule has 8 nitrogen and oxygen atoms in total. The molecule has 2 aromatic rings. The number of rotatable bonds is 5. The first kappa shape index (κ1) is 17.2. The number of nitrogens with zero attached hydrogens (tertiary/aromatic N) is 2. The molecule has 0 aliphatic rings. The van der Waals surface area contributed by atoms with Crippen LogP contribution in [0.4, 0.5) is 5.69 Å². The highest BCUT2D eigenvalue weighted by molar-refractivity contribution is 6.31. The first-order valence-corrected chi connectivity index (χ1v) is 6.93. The maximum Gasteiger partial charge on any atom is 0.365 e. The van der Waals surface area contributed by atoms with Crippen LogP contribution in [0.1, 0.15) is 15.9 Å². The van der Waals surface area contributed by atoms with Gasteiger partial charge in [0.2, 0.25) is 0 Å². The van der Waals surface area contributed by atoms with Crippen molar-refractivity contribution < 1.29 is 19.3 Å². The molecule has 9 heteroatoms. The molecular formula is C15H12ClN3O5. The van der Waals surface area contributed by atoms with Crippen molar-refractivity contribution in [2.24, 2.45) is 10.9 Å². The third-order valence-electron chi connectivity index (χ3n) is 2.98. The SMILES string of the molecule is COc1ccc(Cl)cc1/C(N)=N/OC(=O)c1ccc([N+](=O)[O-])cc1. The number of hydrogen-bond donors (Lipinski definition) is 1. The number of hydrogen-bond acceptors (Lipinski definition) is 6. The van der Waals surface area contributed by atoms with Gasteiger partial charge in [-0.2, -0.15) is 0 Å². The Morgan fingerprint density at radius 1 is 1.25 bits per heavy atom. The summed E-state index contributed by atoms with van der Waals surface area (Å²) < 4.78 is 5.12. The molecule has 0 spiro atoms. The Morgan fingerprint density at radius 3 is 2.50 bits per heavy atom. The van der Waals surface area contributed by atoms with Crippen molar-refractivity contribution in [1.82, 2.24) is 0 Å². The Bertz CT molecular complexity index is 805. The van der Waals surface area contributed by atoms with Gasteiger partial charge in [0.15, 0.2) is 5.84 Å². The predicted octanol–water partition coefficient (Wildman–Crippen LogP) is 2.73. The van der Waals surface area contributed by atoms with Crippen LogP contribution in [0.2, 0.25) is 5.02 Å². The second-order valence-corrected chi connectivity index (χ2v) is 4.94. The Balaban J connectivity index is 2.16. The van der Waals surface area contributed by atoms with Crippen LogP contribution in [0, 0.1) is 10.1 Å². The van der Waals surface area contributed by atoms with E-state index >= 15 is 0 Å². The van der Waals surface area contributed by atoms with Crippen molar-refractivity contribution in [2.75, 3.05) is 7.11 Å². The lowest BCUT2D eigenvalue weighted by Gasteiger charge is -2.07. The van der Waals surface area contributed by atoms with E-state index in [1.165, 1.54) is 37.4 Å². The second kappa shape index (κ2) is 7.42. The van der Waals surface area contributed by atoms with Crippen LogP contribution >= 0.6 is 11.6 Å². The van der Waals surface area contributed by atoms with Gasteiger partial charge in [-0.3, -0.25) is 10.1 Å². The standard InChI is InChI=1S/C15H12ClN3O5/c1-23-13-7-4-10(16)8-12(13)14(17)18-24-15(20)9-2-5-11(6-3-9)19(21)22/h2-8H,1H3,(H2,17,18). The van der Waals surface area contributed by atoms with E-state index in [4.69, 9.17) is 26.9 Å². The number of non-ortho nitro benzene ring substituents is 1. The average Bonchev–Trinajstić information content (AvgIpc) is 2.59. The van der Waals surface area contributed by atoms with Crippen molar-refractivity contribution in [3.63, 3.8) is 0 Å². The number of ether oxygens (including phenoxy) is 1. The number of halogens is 1. The topological polar surface area (TPSA) is 117 Å². The summed E-state index contributed by atoms with van der Waals surface area (Å²) in [6.07, 6.45) is 0. The first-order valence-electron chi connectivity index (χ1n) is 6.55. The molecule has 0 aromatic heterocycles. The van der Waals surface area contributed by atoms with E-state index < -0.39 is 10.9 Å². The molecule has 124 valence electrons. The lowest BCUT2D eigenvalue weighted by molar-refractivity contribution is -0.384. The van der Waals surface area contributed by atoms with Gasteiger partial charge >= 0.3 is 5.97 Å². The lowest BCUT2D eigenvalue weighted by atomic mass is 10.2. The van der Waals surface area contributed by atoms with Gasteiger partial charge in [-0.05, 0) is 30.3 Å². The molecule has 0 fully saturated rings. The zero-order valence-electron chi connectivity index (χ0n) is 12.4. The maximum absolute atomic E-state index is 11.9. The summed E-state index contributed by atoms with van der Waals surface area (Å²) in [5.74, 6) is -0.509. The van der Waals surface area contributed by atoms with E-state index in [1.54, 1.807) is 12.1 Å². The molecule has 0 amide bonds. The number of carbonyl (C=O) groups is 1. The summed E-state index contributed by atoms with van der Waals surface area (Å²) in [5, 5.41) is 14.5. The van der Waals surface area contributed by atoms with Gasteiger partial charge in [0.1, 0.15) is 5.75 Å². The minimum atomic E-state index is -0.811. The van der Waals surface area contributed by atoms with Crippen molar-refractivity contribution in [3.05, 3.63) is 68.7 Å². The zero-order valence-corrected chi connectivity index (χ0v) is 13.2. The van der Waals surface area contributed by atoms with Crippen LogP contribution in [0.5, 0.6) is 5.75 Å². The molecule has 2 rings (SSSR count). The van der Waals surface area contributed by atoms with Gasteiger partial charge in [-0.1, -0.05) is 16.8 Å². The number of nitro benzene ring substituents is 1. The van der Waals surface area contributed by atoms with Gasteiger partial charge in [0, 0.05) is 17.2 Å². The van der Waals surface area contributed by atoms with Gasteiger partial charge in [0.05, 0.1) is 23.2 Å². The molecule has 0 saturated carbocycles. The molecule has 0 heterocycles. The number of methoxy groups -OCH3 is 1. The fourth-order valence-corrected chi connectivity index (χ4v) is 1.96. The second-order valence-electron chi connectivity index (χ2n) is 4.50. The maximum atomic E-state index is 11.9. The molecule has 0 radical (unpaired) electrons. The summed E-state index contributed by atoms with van der Waals surface area (Å²) >= 11 is 5.89. The first-order chi connectivity index (χ1) is 11.4. The third kappa shape index (κ3) is 3.99. The minimum absolute atomic E-state index is 0.0928. The Labute approximate surface area is 141 Å². The van der Waals surface area contributed by atoms with Crippen LogP contribution in [-0.4, -0.2) is 23.8 Å². The van der Waals surface area contributed by atoms with Crippen molar-refractivity contribution >= 4 is 29.1 Å². The fourth-order valence-electron chi connectivity index (χ4n) is 1.79. The van der Waals surface area contributed by atoms with Crippen LogP contribution in [0.3, 0.4) is 0 Å². The van der Waals surface area contributed by atoms with Crippen molar-refractivity contribution in [3.8, 4) is 5.75 Å². The minimum Gasteiger partial charge on any atom is -0.496 e. The summed E-state index contributed by atoms with van der Waals surface area (Å²) in [5.41, 5.74) is 6.09. The normalized spacial score (nSPS) is 11.0. The van der Waals surface area contributed by atoms with E-state index in [-0.39, 0.29) is 17.1 Å². The highest BCUT2D eigenvalue weighted by Crippen LogP contribution is 2.22. The Kier molecular flexibility index (Phi) is 5.33. The monoisotopic (exact) mass is 349 g/mol. The number of benzene rings is 2. The number of nitrogens with two attached hydrogens (primary N) is 1. The largest absolute Gasteiger partial charge is 0.496 e. The van der Waals surface area contributed by atoms with Crippen molar-refractivity contribution in [2.45, 2.75) is 0 Å². The summed E-state index contributed by atoms with van der Waals surface area (Å²) in [6.45, 7) is 0. The molecule has 0 unspecified atom stereocenters. The lowest BCUT2D eigenvalue weighted by Crippen LogP contribution is -2.16. The van der Waals surface area contributed by atoms with Crippen LogP contribution in [0.15, 0.2) is 47.6 Å². The van der Waals surface area contributed by atoms with Gasteiger partial charge in [0.25, 0.3) is 5.69 Å². The number of amidine groups is 1. The van der Waals surface area contributed by atoms with E-state index in [9.17, 15) is 14.9 Å². The third-order valence-corrected chi connectivity index (χ3v) is 3.21. The van der Waals surface area contributed by atoms with Crippen LogP contribution < -0.4 is 10.5 Å². The van der Waals surface area contributed by atoms with E-state index in [1.807, 2.05) is 0 Å². The number of oxime groups is 1. The molecule has 0 atom stereocenters. The fraction of sp³-hybridized carbons (Fsp3) is 0.0667. The zero-order chi connectivity index (χ0) is 17.7. The summed E-state index contributed by atoms with van der Waals surface area (Å²) in [7, 11) is 1.45. The van der Waals surface area contributed by atoms with Crippen LogP contribution in [0.25, 0.3) is 0 Å². The average molecular weight is 350 g/mol. The van der Waals surface area contributed by atoms with Gasteiger partial charge in [-0.25, -0.2) is 4.79 Å². The predicted molar refractivity (Wildman–Crippen MR) is 87.2 cm³/mol.